The number of aliphatic hydroxyl groups excluding tert-OH is 1. The van der Waals surface area contributed by atoms with Crippen molar-refractivity contribution in [2.75, 3.05) is 4.90 Å². The van der Waals surface area contributed by atoms with Gasteiger partial charge in [0.2, 0.25) is 0 Å². The molecule has 0 saturated heterocycles. The van der Waals surface area contributed by atoms with E-state index in [2.05, 4.69) is 0 Å². The first-order chi connectivity index (χ1) is 11.3. The van der Waals surface area contributed by atoms with Gasteiger partial charge in [-0.05, 0) is 48.7 Å². The van der Waals surface area contributed by atoms with E-state index in [0.29, 0.717) is 10.6 Å². The van der Waals surface area contributed by atoms with Crippen LogP contribution < -0.4 is 4.90 Å². The molecule has 0 aliphatic carbocycles. The lowest BCUT2D eigenvalue weighted by Crippen LogP contribution is -2.31. The number of hydrogen-bond acceptors (Lipinski definition) is 3. The first-order valence-electron chi connectivity index (χ1n) is 7.16. The molecule has 1 aliphatic rings. The fourth-order valence-electron chi connectivity index (χ4n) is 2.55. The Morgan fingerprint density at radius 3 is 2.29 bits per heavy atom. The Morgan fingerprint density at radius 2 is 1.62 bits per heavy atom. The summed E-state index contributed by atoms with van der Waals surface area (Å²) in [6.07, 6.45) is 0. The minimum Gasteiger partial charge on any atom is -0.502 e. The molecule has 0 radical (unpaired) electrons. The van der Waals surface area contributed by atoms with Crippen LogP contribution in [0.5, 0.6) is 0 Å². The van der Waals surface area contributed by atoms with Crippen LogP contribution in [0.3, 0.4) is 0 Å². The fraction of sp³-hybridized carbons (Fsp3) is 0.111. The van der Waals surface area contributed by atoms with Gasteiger partial charge in [-0.3, -0.25) is 9.59 Å². The van der Waals surface area contributed by atoms with Gasteiger partial charge in [-0.15, -0.1) is 0 Å². The molecule has 6 heteroatoms. The molecule has 1 heterocycles. The van der Waals surface area contributed by atoms with E-state index in [4.69, 9.17) is 23.2 Å². The molecule has 4 nitrogen and oxygen atoms in total. The monoisotopic (exact) mass is 361 g/mol. The average molecular weight is 362 g/mol. The second-order valence-electron chi connectivity index (χ2n) is 5.56. The maximum Gasteiger partial charge on any atom is 0.301 e. The SMILES string of the molecule is Cc1ccc(C2=C(O)C(=O)N(c3cc(Cl)ccc3Cl)C2=O)cc1C. The topological polar surface area (TPSA) is 57.6 Å². The summed E-state index contributed by atoms with van der Waals surface area (Å²) in [5.41, 5.74) is 2.58. The normalized spacial score (nSPS) is 14.8. The summed E-state index contributed by atoms with van der Waals surface area (Å²) in [7, 11) is 0. The number of anilines is 1. The molecule has 122 valence electrons. The maximum absolute atomic E-state index is 12.8. The number of rotatable bonds is 2. The predicted octanol–water partition coefficient (Wildman–Crippen LogP) is 4.45. The van der Waals surface area contributed by atoms with Crippen molar-refractivity contribution in [1.29, 1.82) is 0 Å². The standard InChI is InChI=1S/C18H13Cl2NO3/c1-9-3-4-11(7-10(9)2)15-16(22)18(24)21(17(15)23)14-8-12(19)5-6-13(14)20/h3-8,22H,1-2H3. The summed E-state index contributed by atoms with van der Waals surface area (Å²) in [5.74, 6) is -2.05. The molecule has 0 spiro atoms. The molecule has 0 bridgehead atoms. The Labute approximate surface area is 148 Å². The molecule has 0 unspecified atom stereocenters. The number of hydrogen-bond donors (Lipinski definition) is 1. The van der Waals surface area contributed by atoms with Crippen LogP contribution in [-0.4, -0.2) is 16.9 Å². The fourth-order valence-corrected chi connectivity index (χ4v) is 2.92. The molecule has 0 aromatic heterocycles. The smallest absolute Gasteiger partial charge is 0.301 e. The number of carbonyl (C=O) groups is 2. The van der Waals surface area contributed by atoms with E-state index in [-0.39, 0.29) is 16.3 Å². The van der Waals surface area contributed by atoms with Crippen LogP contribution in [0, 0.1) is 13.8 Å². The van der Waals surface area contributed by atoms with Crippen LogP contribution in [0.2, 0.25) is 10.0 Å². The lowest BCUT2D eigenvalue weighted by Gasteiger charge is -2.16. The largest absolute Gasteiger partial charge is 0.502 e. The number of imide groups is 1. The van der Waals surface area contributed by atoms with E-state index >= 15 is 0 Å². The van der Waals surface area contributed by atoms with Crippen molar-refractivity contribution in [2.45, 2.75) is 13.8 Å². The highest BCUT2D eigenvalue weighted by atomic mass is 35.5. The van der Waals surface area contributed by atoms with Gasteiger partial charge in [0.1, 0.15) is 0 Å². The van der Waals surface area contributed by atoms with E-state index in [1.807, 2.05) is 19.9 Å². The van der Waals surface area contributed by atoms with Crippen molar-refractivity contribution >= 4 is 46.3 Å². The Kier molecular flexibility index (Phi) is 4.11. The zero-order valence-corrected chi connectivity index (χ0v) is 14.4. The zero-order valence-electron chi connectivity index (χ0n) is 12.9. The summed E-state index contributed by atoms with van der Waals surface area (Å²) in [4.78, 5) is 26.0. The van der Waals surface area contributed by atoms with Crippen LogP contribution in [0.15, 0.2) is 42.2 Å². The summed E-state index contributed by atoms with van der Waals surface area (Å²) in [5, 5.41) is 10.7. The summed E-state index contributed by atoms with van der Waals surface area (Å²) >= 11 is 12.0. The molecule has 1 N–H and O–H groups in total. The van der Waals surface area contributed by atoms with Crippen LogP contribution in [0.25, 0.3) is 5.57 Å². The van der Waals surface area contributed by atoms with Crippen LogP contribution in [0.1, 0.15) is 16.7 Å². The van der Waals surface area contributed by atoms with E-state index < -0.39 is 17.6 Å². The lowest BCUT2D eigenvalue weighted by atomic mass is 10.00. The van der Waals surface area contributed by atoms with Crippen LogP contribution in [-0.2, 0) is 9.59 Å². The Hall–Kier alpha value is -2.30. The summed E-state index contributed by atoms with van der Waals surface area (Å²) in [6.45, 7) is 3.83. The van der Waals surface area contributed by atoms with Crippen molar-refractivity contribution in [3.05, 3.63) is 68.9 Å². The van der Waals surface area contributed by atoms with Crippen LogP contribution >= 0.6 is 23.2 Å². The Bertz CT molecular complexity index is 918. The highest BCUT2D eigenvalue weighted by molar-refractivity contribution is 6.47. The molecular formula is C18H13Cl2NO3. The van der Waals surface area contributed by atoms with Gasteiger partial charge in [-0.1, -0.05) is 41.4 Å². The Morgan fingerprint density at radius 1 is 0.917 bits per heavy atom. The quantitative estimate of drug-likeness (QED) is 0.803. The Balaban J connectivity index is 2.11. The molecule has 2 aromatic carbocycles. The molecular weight excluding hydrogens is 349 g/mol. The highest BCUT2D eigenvalue weighted by Crippen LogP contribution is 2.37. The number of aryl methyl sites for hydroxylation is 2. The molecule has 24 heavy (non-hydrogen) atoms. The number of aliphatic hydroxyl groups is 1. The van der Waals surface area contributed by atoms with Crippen molar-refractivity contribution in [2.24, 2.45) is 0 Å². The minimum atomic E-state index is -0.822. The van der Waals surface area contributed by atoms with E-state index in [9.17, 15) is 14.7 Å². The van der Waals surface area contributed by atoms with Crippen molar-refractivity contribution in [3.63, 3.8) is 0 Å². The molecule has 0 saturated carbocycles. The maximum atomic E-state index is 12.8. The number of amides is 2. The molecule has 1 aliphatic heterocycles. The van der Waals surface area contributed by atoms with Gasteiger partial charge in [0, 0.05) is 5.02 Å². The third-order valence-electron chi connectivity index (χ3n) is 4.00. The minimum absolute atomic E-state index is 0.0425. The van der Waals surface area contributed by atoms with Gasteiger partial charge < -0.3 is 5.11 Å². The van der Waals surface area contributed by atoms with Crippen molar-refractivity contribution < 1.29 is 14.7 Å². The zero-order chi connectivity index (χ0) is 17.6. The van der Waals surface area contributed by atoms with Gasteiger partial charge >= 0.3 is 5.91 Å². The first kappa shape index (κ1) is 16.6. The molecule has 2 amide bonds. The summed E-state index contributed by atoms with van der Waals surface area (Å²) in [6, 6.07) is 9.74. The number of halogens is 2. The van der Waals surface area contributed by atoms with Gasteiger partial charge in [-0.2, -0.15) is 0 Å². The number of carbonyl (C=O) groups excluding carboxylic acids is 2. The third-order valence-corrected chi connectivity index (χ3v) is 4.56. The average Bonchev–Trinajstić information content (AvgIpc) is 2.75. The highest BCUT2D eigenvalue weighted by Gasteiger charge is 2.41. The molecule has 0 atom stereocenters. The lowest BCUT2D eigenvalue weighted by molar-refractivity contribution is -0.121. The molecule has 3 rings (SSSR count). The van der Waals surface area contributed by atoms with Gasteiger partial charge in [0.15, 0.2) is 5.76 Å². The van der Waals surface area contributed by atoms with Gasteiger partial charge in [0.25, 0.3) is 5.91 Å². The molecule has 0 fully saturated rings. The van der Waals surface area contributed by atoms with E-state index in [1.165, 1.54) is 12.1 Å². The van der Waals surface area contributed by atoms with Gasteiger partial charge in [0.05, 0.1) is 16.3 Å². The number of benzene rings is 2. The predicted molar refractivity (Wildman–Crippen MR) is 94.4 cm³/mol. The van der Waals surface area contributed by atoms with Crippen LogP contribution in [0.4, 0.5) is 5.69 Å². The first-order valence-corrected chi connectivity index (χ1v) is 7.91. The second kappa shape index (κ2) is 5.96. The third kappa shape index (κ3) is 2.58. The van der Waals surface area contributed by atoms with Gasteiger partial charge in [-0.25, -0.2) is 4.90 Å². The summed E-state index contributed by atoms with van der Waals surface area (Å²) < 4.78 is 0. The molecule has 2 aromatic rings. The van der Waals surface area contributed by atoms with E-state index in [0.717, 1.165) is 16.0 Å². The second-order valence-corrected chi connectivity index (χ2v) is 6.41. The number of nitrogens with zero attached hydrogens (tertiary/aromatic N) is 1. The van der Waals surface area contributed by atoms with E-state index in [1.54, 1.807) is 18.2 Å². The van der Waals surface area contributed by atoms with Crippen molar-refractivity contribution in [3.8, 4) is 0 Å². The van der Waals surface area contributed by atoms with Crippen molar-refractivity contribution in [1.82, 2.24) is 0 Å².